The van der Waals surface area contributed by atoms with Gasteiger partial charge in [0.2, 0.25) is 15.9 Å². The van der Waals surface area contributed by atoms with Crippen LogP contribution in [0.1, 0.15) is 6.42 Å². The Morgan fingerprint density at radius 1 is 1.09 bits per heavy atom. The first-order chi connectivity index (χ1) is 10.9. The highest BCUT2D eigenvalue weighted by molar-refractivity contribution is 7.89. The van der Waals surface area contributed by atoms with Crippen LogP contribution in [0.5, 0.6) is 0 Å². The number of urea groups is 1. The van der Waals surface area contributed by atoms with Gasteiger partial charge in [-0.2, -0.15) is 4.31 Å². The van der Waals surface area contributed by atoms with E-state index in [4.69, 9.17) is 5.73 Å². The molecule has 1 aliphatic heterocycles. The first kappa shape index (κ1) is 17.4. The highest BCUT2D eigenvalue weighted by atomic mass is 32.2. The molecule has 1 heterocycles. The number of sulfonamides is 1. The minimum atomic E-state index is -3.47. The molecule has 1 fully saturated rings. The summed E-state index contributed by atoms with van der Waals surface area (Å²) in [6, 6.07) is 7.45. The fraction of sp³-hybridized carbons (Fsp3) is 0.429. The number of hydrogen-bond donors (Lipinski definition) is 2. The average Bonchev–Trinajstić information content (AvgIpc) is 2.53. The highest BCUT2D eigenvalue weighted by Crippen LogP contribution is 2.17. The highest BCUT2D eigenvalue weighted by Gasteiger charge is 2.28. The monoisotopic (exact) mass is 340 g/mol. The van der Waals surface area contributed by atoms with Crippen LogP contribution >= 0.6 is 0 Å². The summed E-state index contributed by atoms with van der Waals surface area (Å²) in [5.41, 5.74) is 4.87. The first-order valence-electron chi connectivity index (χ1n) is 7.26. The second kappa shape index (κ2) is 7.53. The Labute approximate surface area is 135 Å². The quantitative estimate of drug-likeness (QED) is 0.756. The predicted octanol–water partition coefficient (Wildman–Crippen LogP) is -0.422. The van der Waals surface area contributed by atoms with E-state index in [0.29, 0.717) is 32.7 Å². The topological polar surface area (TPSA) is 113 Å². The number of nitrogens with two attached hydrogens (primary N) is 1. The predicted molar refractivity (Wildman–Crippen MR) is 84.0 cm³/mol. The summed E-state index contributed by atoms with van der Waals surface area (Å²) in [5.74, 6) is -0.433. The van der Waals surface area contributed by atoms with Crippen molar-refractivity contribution in [1.29, 1.82) is 0 Å². The fourth-order valence-electron chi connectivity index (χ4n) is 2.39. The second-order valence-electron chi connectivity index (χ2n) is 5.22. The number of carbonyl (C=O) groups excluding carboxylic acids is 2. The molecule has 1 aromatic carbocycles. The van der Waals surface area contributed by atoms with Gasteiger partial charge in [0.05, 0.1) is 4.90 Å². The second-order valence-corrected chi connectivity index (χ2v) is 7.16. The SMILES string of the molecule is NC(=O)NC(=O)CCN1CCN(S(=O)(=O)c2ccccc2)CC1. The van der Waals surface area contributed by atoms with Crippen LogP contribution in [0.4, 0.5) is 4.79 Å². The Kier molecular flexibility index (Phi) is 5.69. The van der Waals surface area contributed by atoms with E-state index < -0.39 is 22.0 Å². The molecule has 126 valence electrons. The molecule has 0 aliphatic carbocycles. The van der Waals surface area contributed by atoms with Gasteiger partial charge in [-0.05, 0) is 12.1 Å². The van der Waals surface area contributed by atoms with E-state index in [2.05, 4.69) is 0 Å². The van der Waals surface area contributed by atoms with Crippen LogP contribution in [0, 0.1) is 0 Å². The lowest BCUT2D eigenvalue weighted by Gasteiger charge is -2.33. The molecule has 1 aliphatic rings. The number of nitrogens with zero attached hydrogens (tertiary/aromatic N) is 2. The summed E-state index contributed by atoms with van der Waals surface area (Å²) in [7, 11) is -3.47. The van der Waals surface area contributed by atoms with Crippen molar-refractivity contribution in [2.45, 2.75) is 11.3 Å². The van der Waals surface area contributed by atoms with Crippen molar-refractivity contribution in [2.75, 3.05) is 32.7 Å². The number of piperazine rings is 1. The average molecular weight is 340 g/mol. The van der Waals surface area contributed by atoms with Crippen LogP contribution in [0.15, 0.2) is 35.2 Å². The Balaban J connectivity index is 1.84. The molecular weight excluding hydrogens is 320 g/mol. The lowest BCUT2D eigenvalue weighted by Crippen LogP contribution is -2.49. The molecule has 0 spiro atoms. The molecule has 1 aromatic rings. The van der Waals surface area contributed by atoms with Gasteiger partial charge in [-0.25, -0.2) is 13.2 Å². The Morgan fingerprint density at radius 3 is 2.26 bits per heavy atom. The largest absolute Gasteiger partial charge is 0.351 e. The number of hydrogen-bond acceptors (Lipinski definition) is 5. The Morgan fingerprint density at radius 2 is 1.70 bits per heavy atom. The summed E-state index contributed by atoms with van der Waals surface area (Å²) < 4.78 is 26.4. The molecule has 1 saturated heterocycles. The van der Waals surface area contributed by atoms with Gasteiger partial charge in [-0.3, -0.25) is 10.1 Å². The number of primary amides is 1. The first-order valence-corrected chi connectivity index (χ1v) is 8.70. The lowest BCUT2D eigenvalue weighted by atomic mass is 10.3. The van der Waals surface area contributed by atoms with Gasteiger partial charge in [0.25, 0.3) is 0 Å². The Hall–Kier alpha value is -1.97. The number of carbonyl (C=O) groups is 2. The number of amides is 3. The summed E-state index contributed by atoms with van der Waals surface area (Å²) >= 11 is 0. The summed E-state index contributed by atoms with van der Waals surface area (Å²) in [6.07, 6.45) is 0.147. The van der Waals surface area contributed by atoms with Gasteiger partial charge < -0.3 is 10.6 Å². The molecular formula is C14H20N4O4S. The van der Waals surface area contributed by atoms with Crippen molar-refractivity contribution in [1.82, 2.24) is 14.5 Å². The molecule has 0 bridgehead atoms. The van der Waals surface area contributed by atoms with Crippen molar-refractivity contribution in [2.24, 2.45) is 5.73 Å². The molecule has 2 rings (SSSR count). The zero-order valence-electron chi connectivity index (χ0n) is 12.6. The summed E-state index contributed by atoms with van der Waals surface area (Å²) in [5, 5.41) is 2.00. The van der Waals surface area contributed by atoms with Gasteiger partial charge >= 0.3 is 6.03 Å². The van der Waals surface area contributed by atoms with E-state index in [-0.39, 0.29) is 11.3 Å². The van der Waals surface area contributed by atoms with E-state index in [9.17, 15) is 18.0 Å². The van der Waals surface area contributed by atoms with Crippen molar-refractivity contribution in [3.05, 3.63) is 30.3 Å². The number of nitrogens with one attached hydrogen (secondary N) is 1. The standard InChI is InChI=1S/C14H20N4O4S/c15-14(20)16-13(19)6-7-17-8-10-18(11-9-17)23(21,22)12-4-2-1-3-5-12/h1-5H,6-11H2,(H3,15,16,19,20). The zero-order chi connectivity index (χ0) is 16.9. The molecule has 23 heavy (non-hydrogen) atoms. The van der Waals surface area contributed by atoms with Gasteiger partial charge in [-0.1, -0.05) is 18.2 Å². The normalized spacial score (nSPS) is 16.9. The van der Waals surface area contributed by atoms with Crippen molar-refractivity contribution < 1.29 is 18.0 Å². The number of rotatable bonds is 5. The van der Waals surface area contributed by atoms with E-state index in [1.807, 2.05) is 10.2 Å². The van der Waals surface area contributed by atoms with Gasteiger partial charge in [0.15, 0.2) is 0 Å². The molecule has 0 atom stereocenters. The van der Waals surface area contributed by atoms with Crippen LogP contribution < -0.4 is 11.1 Å². The minimum Gasteiger partial charge on any atom is -0.351 e. The maximum absolute atomic E-state index is 12.5. The summed E-state index contributed by atoms with van der Waals surface area (Å²) in [6.45, 7) is 2.27. The van der Waals surface area contributed by atoms with E-state index in [1.54, 1.807) is 30.3 Å². The zero-order valence-corrected chi connectivity index (χ0v) is 13.5. The van der Waals surface area contributed by atoms with Crippen molar-refractivity contribution in [3.8, 4) is 0 Å². The van der Waals surface area contributed by atoms with Gasteiger partial charge in [0, 0.05) is 39.1 Å². The van der Waals surface area contributed by atoms with Crippen molar-refractivity contribution in [3.63, 3.8) is 0 Å². The fourth-order valence-corrected chi connectivity index (χ4v) is 3.84. The molecule has 0 saturated carbocycles. The number of imide groups is 1. The lowest BCUT2D eigenvalue weighted by molar-refractivity contribution is -0.120. The molecule has 9 heteroatoms. The number of benzene rings is 1. The van der Waals surface area contributed by atoms with E-state index in [1.165, 1.54) is 4.31 Å². The molecule has 8 nitrogen and oxygen atoms in total. The van der Waals surface area contributed by atoms with Crippen molar-refractivity contribution >= 4 is 22.0 Å². The Bertz CT molecular complexity index is 655. The molecule has 3 N–H and O–H groups in total. The van der Waals surface area contributed by atoms with Gasteiger partial charge in [0.1, 0.15) is 0 Å². The smallest absolute Gasteiger partial charge is 0.318 e. The van der Waals surface area contributed by atoms with Crippen LogP contribution in [0.25, 0.3) is 0 Å². The third kappa shape index (κ3) is 4.75. The molecule has 0 aromatic heterocycles. The van der Waals surface area contributed by atoms with Crippen LogP contribution in [0.2, 0.25) is 0 Å². The van der Waals surface area contributed by atoms with Gasteiger partial charge in [-0.15, -0.1) is 0 Å². The summed E-state index contributed by atoms with van der Waals surface area (Å²) in [4.78, 5) is 24.2. The maximum Gasteiger partial charge on any atom is 0.318 e. The molecule has 0 radical (unpaired) electrons. The van der Waals surface area contributed by atoms with Crippen LogP contribution in [-0.4, -0.2) is 62.3 Å². The molecule has 3 amide bonds. The van der Waals surface area contributed by atoms with Crippen LogP contribution in [0.3, 0.4) is 0 Å². The minimum absolute atomic E-state index is 0.147. The van der Waals surface area contributed by atoms with E-state index >= 15 is 0 Å². The van der Waals surface area contributed by atoms with Crippen LogP contribution in [-0.2, 0) is 14.8 Å². The third-order valence-corrected chi connectivity index (χ3v) is 5.54. The van der Waals surface area contributed by atoms with E-state index in [0.717, 1.165) is 0 Å². The maximum atomic E-state index is 12.5. The third-order valence-electron chi connectivity index (χ3n) is 3.63. The molecule has 0 unspecified atom stereocenters.